The fourth-order valence-corrected chi connectivity index (χ4v) is 1.52. The second-order valence-corrected chi connectivity index (χ2v) is 3.62. The van der Waals surface area contributed by atoms with E-state index in [1.54, 1.807) is 6.07 Å². The van der Waals surface area contributed by atoms with Gasteiger partial charge in [-0.3, -0.25) is 9.80 Å². The molecule has 0 aromatic heterocycles. The number of halogens is 2. The van der Waals surface area contributed by atoms with E-state index < -0.39 is 5.91 Å². The van der Waals surface area contributed by atoms with Gasteiger partial charge in [0.2, 0.25) is 0 Å². The smallest absolute Gasteiger partial charge is 0.269 e. The van der Waals surface area contributed by atoms with Gasteiger partial charge in [0, 0.05) is 7.05 Å². The van der Waals surface area contributed by atoms with E-state index in [-0.39, 0.29) is 15.6 Å². The van der Waals surface area contributed by atoms with Crippen molar-refractivity contribution in [1.29, 1.82) is 0 Å². The SMILES string of the molecule is COc1ccc(C(=O)N(C)N)c(Cl)c1Cl. The van der Waals surface area contributed by atoms with Gasteiger partial charge in [0.15, 0.2) is 0 Å². The molecule has 1 aromatic carbocycles. The van der Waals surface area contributed by atoms with Crippen molar-refractivity contribution in [3.63, 3.8) is 0 Å². The summed E-state index contributed by atoms with van der Waals surface area (Å²) in [7, 11) is 2.89. The molecule has 0 aliphatic heterocycles. The molecule has 0 spiro atoms. The summed E-state index contributed by atoms with van der Waals surface area (Å²) in [4.78, 5) is 11.5. The summed E-state index contributed by atoms with van der Waals surface area (Å²) in [6.45, 7) is 0. The largest absolute Gasteiger partial charge is 0.495 e. The number of hydrazine groups is 1. The summed E-state index contributed by atoms with van der Waals surface area (Å²) in [6.07, 6.45) is 0. The van der Waals surface area contributed by atoms with Crippen LogP contribution in [-0.2, 0) is 0 Å². The highest BCUT2D eigenvalue weighted by atomic mass is 35.5. The van der Waals surface area contributed by atoms with Gasteiger partial charge in [0.25, 0.3) is 5.91 Å². The first kappa shape index (κ1) is 12.1. The van der Waals surface area contributed by atoms with E-state index in [4.69, 9.17) is 33.8 Å². The molecule has 0 aliphatic carbocycles. The van der Waals surface area contributed by atoms with Crippen molar-refractivity contribution >= 4 is 29.1 Å². The van der Waals surface area contributed by atoms with Crippen LogP contribution in [0.1, 0.15) is 10.4 Å². The highest BCUT2D eigenvalue weighted by Gasteiger charge is 2.17. The zero-order valence-corrected chi connectivity index (χ0v) is 9.76. The zero-order chi connectivity index (χ0) is 11.6. The molecule has 0 saturated carbocycles. The monoisotopic (exact) mass is 248 g/mol. The van der Waals surface area contributed by atoms with E-state index >= 15 is 0 Å². The molecule has 0 aliphatic rings. The van der Waals surface area contributed by atoms with Gasteiger partial charge < -0.3 is 4.74 Å². The van der Waals surface area contributed by atoms with Crippen LogP contribution >= 0.6 is 23.2 Å². The van der Waals surface area contributed by atoms with Crippen molar-refractivity contribution in [2.75, 3.05) is 14.2 Å². The first-order valence-electron chi connectivity index (χ1n) is 4.03. The van der Waals surface area contributed by atoms with Gasteiger partial charge in [0.1, 0.15) is 10.8 Å². The topological polar surface area (TPSA) is 55.6 Å². The van der Waals surface area contributed by atoms with Crippen LogP contribution in [0.5, 0.6) is 5.75 Å². The Bertz CT molecular complexity index is 394. The van der Waals surface area contributed by atoms with Gasteiger partial charge in [0.05, 0.1) is 17.7 Å². The number of amides is 1. The molecule has 0 bridgehead atoms. The van der Waals surface area contributed by atoms with Gasteiger partial charge in [-0.05, 0) is 12.1 Å². The van der Waals surface area contributed by atoms with Crippen molar-refractivity contribution in [3.05, 3.63) is 27.7 Å². The summed E-state index contributed by atoms with van der Waals surface area (Å²) in [5, 5.41) is 1.27. The second-order valence-electron chi connectivity index (χ2n) is 2.86. The average Bonchev–Trinajstić information content (AvgIpc) is 2.21. The molecule has 0 heterocycles. The summed E-state index contributed by atoms with van der Waals surface area (Å²) < 4.78 is 4.95. The minimum absolute atomic E-state index is 0.137. The number of ether oxygens (including phenoxy) is 1. The third-order valence-electron chi connectivity index (χ3n) is 1.82. The quantitative estimate of drug-likeness (QED) is 0.495. The number of rotatable bonds is 2. The number of nitrogens with two attached hydrogens (primary N) is 1. The Balaban J connectivity index is 3.23. The van der Waals surface area contributed by atoms with Gasteiger partial charge in [-0.15, -0.1) is 0 Å². The third kappa shape index (κ3) is 2.34. The maximum Gasteiger partial charge on any atom is 0.269 e. The molecule has 1 amide bonds. The van der Waals surface area contributed by atoms with Crippen molar-refractivity contribution < 1.29 is 9.53 Å². The highest BCUT2D eigenvalue weighted by molar-refractivity contribution is 6.44. The van der Waals surface area contributed by atoms with Gasteiger partial charge in [-0.25, -0.2) is 5.84 Å². The van der Waals surface area contributed by atoms with E-state index in [9.17, 15) is 4.79 Å². The second kappa shape index (κ2) is 4.70. The van der Waals surface area contributed by atoms with Crippen molar-refractivity contribution in [1.82, 2.24) is 5.01 Å². The predicted molar refractivity (Wildman–Crippen MR) is 59.3 cm³/mol. The number of carbonyl (C=O) groups excluding carboxylic acids is 1. The Morgan fingerprint density at radius 1 is 1.40 bits per heavy atom. The Hall–Kier alpha value is -0.970. The number of hydrogen-bond donors (Lipinski definition) is 1. The van der Waals surface area contributed by atoms with E-state index in [0.29, 0.717) is 5.75 Å². The maximum absolute atomic E-state index is 11.5. The Morgan fingerprint density at radius 2 is 2.00 bits per heavy atom. The van der Waals surface area contributed by atoms with E-state index in [1.165, 1.54) is 20.2 Å². The lowest BCUT2D eigenvalue weighted by atomic mass is 10.2. The first-order chi connectivity index (χ1) is 6.99. The van der Waals surface area contributed by atoms with Crippen LogP contribution in [0.25, 0.3) is 0 Å². The van der Waals surface area contributed by atoms with Gasteiger partial charge in [-0.2, -0.15) is 0 Å². The average molecular weight is 249 g/mol. The Morgan fingerprint density at radius 3 is 2.47 bits per heavy atom. The molecule has 1 aromatic rings. The van der Waals surface area contributed by atoms with Crippen LogP contribution < -0.4 is 10.6 Å². The van der Waals surface area contributed by atoms with Crippen LogP contribution in [0.3, 0.4) is 0 Å². The Labute approximate surface area is 97.5 Å². The molecule has 1 rings (SSSR count). The minimum atomic E-state index is -0.412. The fraction of sp³-hybridized carbons (Fsp3) is 0.222. The molecule has 6 heteroatoms. The van der Waals surface area contributed by atoms with Crippen LogP contribution in [0, 0.1) is 0 Å². The van der Waals surface area contributed by atoms with Crippen LogP contribution in [0.4, 0.5) is 0 Å². The molecule has 0 unspecified atom stereocenters. The van der Waals surface area contributed by atoms with Crippen LogP contribution in [0.2, 0.25) is 10.0 Å². The lowest BCUT2D eigenvalue weighted by Gasteiger charge is -2.13. The Kier molecular flexibility index (Phi) is 3.79. The number of nitrogens with zero attached hydrogens (tertiary/aromatic N) is 1. The summed E-state index contributed by atoms with van der Waals surface area (Å²) in [6, 6.07) is 3.07. The molecule has 4 nitrogen and oxygen atoms in total. The van der Waals surface area contributed by atoms with Gasteiger partial charge in [-0.1, -0.05) is 23.2 Å². The first-order valence-corrected chi connectivity index (χ1v) is 4.79. The molecular weight excluding hydrogens is 239 g/mol. The van der Waals surface area contributed by atoms with E-state index in [1.807, 2.05) is 0 Å². The van der Waals surface area contributed by atoms with E-state index in [0.717, 1.165) is 5.01 Å². The molecule has 0 radical (unpaired) electrons. The van der Waals surface area contributed by atoms with Crippen molar-refractivity contribution in [3.8, 4) is 5.75 Å². The molecule has 82 valence electrons. The summed E-state index contributed by atoms with van der Waals surface area (Å²) in [5.41, 5.74) is 0.243. The maximum atomic E-state index is 11.5. The predicted octanol–water partition coefficient (Wildman–Crippen LogP) is 1.95. The lowest BCUT2D eigenvalue weighted by Crippen LogP contribution is -2.33. The summed E-state index contributed by atoms with van der Waals surface area (Å²) >= 11 is 11.8. The number of hydrogen-bond acceptors (Lipinski definition) is 3. The van der Waals surface area contributed by atoms with Crippen molar-refractivity contribution in [2.24, 2.45) is 5.84 Å². The van der Waals surface area contributed by atoms with Crippen LogP contribution in [-0.4, -0.2) is 25.1 Å². The number of benzene rings is 1. The molecule has 15 heavy (non-hydrogen) atoms. The third-order valence-corrected chi connectivity index (χ3v) is 2.68. The van der Waals surface area contributed by atoms with Crippen molar-refractivity contribution in [2.45, 2.75) is 0 Å². The lowest BCUT2D eigenvalue weighted by molar-refractivity contribution is 0.0795. The minimum Gasteiger partial charge on any atom is -0.495 e. The number of carbonyl (C=O) groups is 1. The van der Waals surface area contributed by atoms with E-state index in [2.05, 4.69) is 0 Å². The normalized spacial score (nSPS) is 9.93. The number of methoxy groups -OCH3 is 1. The highest BCUT2D eigenvalue weighted by Crippen LogP contribution is 2.34. The van der Waals surface area contributed by atoms with Gasteiger partial charge >= 0.3 is 0 Å². The van der Waals surface area contributed by atoms with Crippen LogP contribution in [0.15, 0.2) is 12.1 Å². The molecule has 0 fully saturated rings. The summed E-state index contributed by atoms with van der Waals surface area (Å²) in [5.74, 6) is 5.31. The fourth-order valence-electron chi connectivity index (χ4n) is 1.04. The standard InChI is InChI=1S/C9H10Cl2N2O2/c1-13(12)9(14)5-3-4-6(15-2)8(11)7(5)10/h3-4H,12H2,1-2H3. The molecule has 0 atom stereocenters. The molecule has 2 N–H and O–H groups in total. The molecular formula is C9H10Cl2N2O2. The zero-order valence-electron chi connectivity index (χ0n) is 8.25. The molecule has 0 saturated heterocycles.